The molecule has 34 heavy (non-hydrogen) atoms. The predicted molar refractivity (Wildman–Crippen MR) is 132 cm³/mol. The van der Waals surface area contributed by atoms with Gasteiger partial charge in [0, 0.05) is 13.1 Å². The summed E-state index contributed by atoms with van der Waals surface area (Å²) >= 11 is 0. The fraction of sp³-hybridized carbons (Fsp3) is 0.423. The summed E-state index contributed by atoms with van der Waals surface area (Å²) in [4.78, 5) is 30.4. The number of aryl methyl sites for hydroxylation is 1. The van der Waals surface area contributed by atoms with E-state index in [0.29, 0.717) is 31.9 Å². The van der Waals surface area contributed by atoms with Crippen LogP contribution in [-0.2, 0) is 22.4 Å². The van der Waals surface area contributed by atoms with Crippen LogP contribution in [0.3, 0.4) is 0 Å². The summed E-state index contributed by atoms with van der Waals surface area (Å²) in [7, 11) is 0. The highest BCUT2D eigenvalue weighted by Gasteiger charge is 2.49. The summed E-state index contributed by atoms with van der Waals surface area (Å²) in [5.74, 6) is -0.284. The van der Waals surface area contributed by atoms with Crippen molar-refractivity contribution in [3.63, 3.8) is 0 Å². The third-order valence-corrected chi connectivity index (χ3v) is 6.21. The Kier molecular flexibility index (Phi) is 8.51. The Morgan fingerprint density at radius 1 is 1.12 bits per heavy atom. The number of ether oxygens (including phenoxy) is 1. The van der Waals surface area contributed by atoms with Gasteiger partial charge in [0.15, 0.2) is 5.96 Å². The molecule has 0 bridgehead atoms. The number of hydrogen-bond acceptors (Lipinski definition) is 4. The van der Waals surface area contributed by atoms with Gasteiger partial charge in [0.25, 0.3) is 0 Å². The maximum Gasteiger partial charge on any atom is 0.304 e. The van der Waals surface area contributed by atoms with Crippen LogP contribution in [0.4, 0.5) is 0 Å². The molecule has 1 fully saturated rings. The molecule has 1 aliphatic heterocycles. The first kappa shape index (κ1) is 25.1. The predicted octanol–water partition coefficient (Wildman–Crippen LogP) is 2.60. The number of carboxylic acids is 1. The third-order valence-electron chi connectivity index (χ3n) is 6.21. The quantitative estimate of drug-likeness (QED) is 0.325. The van der Waals surface area contributed by atoms with Crippen LogP contribution in [0.5, 0.6) is 5.75 Å². The second-order valence-electron chi connectivity index (χ2n) is 9.09. The van der Waals surface area contributed by atoms with Crippen molar-refractivity contribution in [1.29, 1.82) is 0 Å². The number of rotatable bonds is 12. The van der Waals surface area contributed by atoms with Gasteiger partial charge in [-0.2, -0.15) is 0 Å². The minimum atomic E-state index is -0.960. The Morgan fingerprint density at radius 3 is 2.44 bits per heavy atom. The van der Waals surface area contributed by atoms with Gasteiger partial charge in [-0.1, -0.05) is 49.4 Å². The number of carbonyl (C=O) groups is 2. The summed E-state index contributed by atoms with van der Waals surface area (Å²) in [6, 6.07) is 17.7. The molecule has 5 N–H and O–H groups in total. The number of benzene rings is 2. The molecule has 1 saturated heterocycles. The van der Waals surface area contributed by atoms with Gasteiger partial charge in [-0.3, -0.25) is 14.6 Å². The normalized spacial score (nSPS) is 19.7. The van der Waals surface area contributed by atoms with Crippen molar-refractivity contribution in [2.75, 3.05) is 19.7 Å². The molecule has 3 rings (SSSR count). The number of aliphatic imine (C=N–C) groups is 1. The number of nitrogens with two attached hydrogens (primary N) is 2. The Bertz CT molecular complexity index is 990. The molecule has 0 aliphatic carbocycles. The maximum atomic E-state index is 13.2. The van der Waals surface area contributed by atoms with Gasteiger partial charge in [-0.15, -0.1) is 0 Å². The average molecular weight is 467 g/mol. The van der Waals surface area contributed by atoms with Gasteiger partial charge in [-0.25, -0.2) is 0 Å². The second kappa shape index (κ2) is 11.5. The molecule has 1 aliphatic rings. The van der Waals surface area contributed by atoms with Crippen LogP contribution in [0.1, 0.15) is 37.3 Å². The molecular formula is C26H34N4O4. The lowest BCUT2D eigenvalue weighted by atomic mass is 9.84. The first-order chi connectivity index (χ1) is 16.3. The minimum Gasteiger partial charge on any atom is -0.491 e. The van der Waals surface area contributed by atoms with Gasteiger partial charge in [0.05, 0.1) is 17.9 Å². The fourth-order valence-electron chi connectivity index (χ4n) is 4.50. The zero-order valence-corrected chi connectivity index (χ0v) is 19.7. The van der Waals surface area contributed by atoms with E-state index in [1.54, 1.807) is 6.92 Å². The number of guanidine groups is 1. The van der Waals surface area contributed by atoms with Crippen LogP contribution < -0.4 is 16.2 Å². The van der Waals surface area contributed by atoms with E-state index in [1.807, 2.05) is 47.4 Å². The lowest BCUT2D eigenvalue weighted by Gasteiger charge is -2.25. The number of hydrogen-bond donors (Lipinski definition) is 3. The minimum absolute atomic E-state index is 0.0780. The van der Waals surface area contributed by atoms with Crippen molar-refractivity contribution in [3.8, 4) is 5.75 Å². The Hall–Kier alpha value is -3.55. The number of aliphatic carboxylic acids is 1. The molecule has 8 nitrogen and oxygen atoms in total. The molecule has 2 unspecified atom stereocenters. The van der Waals surface area contributed by atoms with Crippen LogP contribution in [0.25, 0.3) is 0 Å². The number of likely N-dealkylation sites (tertiary alicyclic amines) is 1. The lowest BCUT2D eigenvalue weighted by molar-refractivity contribution is -0.146. The van der Waals surface area contributed by atoms with Crippen molar-refractivity contribution < 1.29 is 19.4 Å². The average Bonchev–Trinajstić information content (AvgIpc) is 3.02. The van der Waals surface area contributed by atoms with Crippen LogP contribution in [0.15, 0.2) is 59.6 Å². The second-order valence-corrected chi connectivity index (χ2v) is 9.09. The lowest BCUT2D eigenvalue weighted by Crippen LogP contribution is -2.39. The molecule has 1 amide bonds. The van der Waals surface area contributed by atoms with E-state index < -0.39 is 11.4 Å². The van der Waals surface area contributed by atoms with Crippen LogP contribution >= 0.6 is 0 Å². The summed E-state index contributed by atoms with van der Waals surface area (Å²) in [6.07, 6.45) is 2.66. The van der Waals surface area contributed by atoms with Gasteiger partial charge in [-0.05, 0) is 48.9 Å². The molecular weight excluding hydrogens is 432 g/mol. The molecule has 2 atom stereocenters. The van der Waals surface area contributed by atoms with E-state index in [0.717, 1.165) is 24.8 Å². The highest BCUT2D eigenvalue weighted by molar-refractivity contribution is 5.88. The molecule has 2 aromatic rings. The number of nitrogens with zero attached hydrogens (tertiary/aromatic N) is 2. The number of carbonyl (C=O) groups excluding carboxylic acids is 1. The van der Waals surface area contributed by atoms with E-state index in [9.17, 15) is 14.7 Å². The van der Waals surface area contributed by atoms with Crippen molar-refractivity contribution in [2.24, 2.45) is 21.9 Å². The standard InChI is InChI=1S/C26H34N4O4/c1-26(17-23(31)32)16-21(30(24(26)33)15-5-8-19-6-3-2-4-7-19)18-34-22-11-9-20(10-12-22)13-14-29-25(27)28/h2-4,6-7,9-12,21H,5,8,13-18H2,1H3,(H,31,32)(H4,27,28,29). The van der Waals surface area contributed by atoms with Crippen molar-refractivity contribution in [1.82, 2.24) is 4.90 Å². The molecule has 0 saturated carbocycles. The van der Waals surface area contributed by atoms with Crippen LogP contribution in [-0.4, -0.2) is 53.6 Å². The monoisotopic (exact) mass is 466 g/mol. The molecule has 2 aromatic carbocycles. The fourth-order valence-corrected chi connectivity index (χ4v) is 4.50. The molecule has 0 radical (unpaired) electrons. The summed E-state index contributed by atoms with van der Waals surface area (Å²) in [5.41, 5.74) is 12.1. The molecule has 182 valence electrons. The Labute approximate surface area is 200 Å². The summed E-state index contributed by atoms with van der Waals surface area (Å²) < 4.78 is 6.02. The maximum absolute atomic E-state index is 13.2. The van der Waals surface area contributed by atoms with E-state index in [1.165, 1.54) is 5.56 Å². The highest BCUT2D eigenvalue weighted by atomic mass is 16.5. The summed E-state index contributed by atoms with van der Waals surface area (Å²) in [6.45, 7) is 3.16. The Morgan fingerprint density at radius 2 is 1.79 bits per heavy atom. The van der Waals surface area contributed by atoms with Crippen LogP contribution in [0, 0.1) is 5.41 Å². The van der Waals surface area contributed by atoms with E-state index in [2.05, 4.69) is 17.1 Å². The van der Waals surface area contributed by atoms with Crippen molar-refractivity contribution >= 4 is 17.8 Å². The van der Waals surface area contributed by atoms with E-state index in [-0.39, 0.29) is 24.3 Å². The topological polar surface area (TPSA) is 131 Å². The number of carboxylic acid groups (broad SMARTS) is 1. The first-order valence-electron chi connectivity index (χ1n) is 11.6. The highest BCUT2D eigenvalue weighted by Crippen LogP contribution is 2.39. The van der Waals surface area contributed by atoms with Crippen molar-refractivity contribution in [2.45, 2.75) is 45.1 Å². The molecule has 1 heterocycles. The van der Waals surface area contributed by atoms with E-state index in [4.69, 9.17) is 16.2 Å². The van der Waals surface area contributed by atoms with Crippen LogP contribution in [0.2, 0.25) is 0 Å². The summed E-state index contributed by atoms with van der Waals surface area (Å²) in [5, 5.41) is 9.36. The molecule has 8 heteroatoms. The Balaban J connectivity index is 1.61. The first-order valence-corrected chi connectivity index (χ1v) is 11.6. The van der Waals surface area contributed by atoms with Gasteiger partial charge in [0.2, 0.25) is 5.91 Å². The smallest absolute Gasteiger partial charge is 0.304 e. The van der Waals surface area contributed by atoms with Crippen molar-refractivity contribution in [3.05, 3.63) is 65.7 Å². The third kappa shape index (κ3) is 6.97. The van der Waals surface area contributed by atoms with E-state index >= 15 is 0 Å². The SMILES string of the molecule is CC1(CC(=O)O)CC(COc2ccc(CCN=C(N)N)cc2)N(CCCc2ccccc2)C1=O. The molecule has 0 spiro atoms. The van der Waals surface area contributed by atoms with Gasteiger partial charge >= 0.3 is 5.97 Å². The largest absolute Gasteiger partial charge is 0.491 e. The number of amides is 1. The zero-order chi connectivity index (χ0) is 24.6. The van der Waals surface area contributed by atoms with Gasteiger partial charge < -0.3 is 26.2 Å². The zero-order valence-electron chi connectivity index (χ0n) is 19.7. The van der Waals surface area contributed by atoms with Gasteiger partial charge in [0.1, 0.15) is 12.4 Å². The molecule has 0 aromatic heterocycles.